The zero-order valence-corrected chi connectivity index (χ0v) is 9.88. The summed E-state index contributed by atoms with van der Waals surface area (Å²) in [6.45, 7) is 7.45. The number of carbonyl (C=O) groups is 1. The highest BCUT2D eigenvalue weighted by atomic mass is 16.5. The van der Waals surface area contributed by atoms with Crippen molar-refractivity contribution in [3.8, 4) is 5.75 Å². The second-order valence-electron chi connectivity index (χ2n) is 4.10. The number of hydrogen-bond donors (Lipinski definition) is 2. The number of nitrogens with one attached hydrogen (secondary N) is 2. The van der Waals surface area contributed by atoms with Gasteiger partial charge in [-0.25, -0.2) is 0 Å². The van der Waals surface area contributed by atoms with Gasteiger partial charge in [-0.05, 0) is 19.1 Å². The molecule has 2 N–H and O–H groups in total. The van der Waals surface area contributed by atoms with Gasteiger partial charge in [-0.1, -0.05) is 18.2 Å². The molecule has 0 saturated carbocycles. The molecular formula is C13H16N2O2. The fraction of sp³-hybridized carbons (Fsp3) is 0.308. The molecule has 90 valence electrons. The lowest BCUT2D eigenvalue weighted by molar-refractivity contribution is 0.0953. The standard InChI is InChI=1S/C13H16N2O2/c1-9(2)8-15-13(16)10-4-3-5-11-12(10)17-7-6-14-11/h3-5,14H,1,6-8H2,2H3,(H,15,16). The van der Waals surface area contributed by atoms with Crippen molar-refractivity contribution in [1.29, 1.82) is 0 Å². The molecule has 0 unspecified atom stereocenters. The molecular weight excluding hydrogens is 216 g/mol. The maximum atomic E-state index is 12.0. The van der Waals surface area contributed by atoms with Gasteiger partial charge in [0.1, 0.15) is 6.61 Å². The third-order valence-electron chi connectivity index (χ3n) is 2.47. The van der Waals surface area contributed by atoms with Crippen LogP contribution < -0.4 is 15.4 Å². The van der Waals surface area contributed by atoms with Crippen LogP contribution in [0.25, 0.3) is 0 Å². The first-order chi connectivity index (χ1) is 8.18. The summed E-state index contributed by atoms with van der Waals surface area (Å²) in [4.78, 5) is 12.0. The van der Waals surface area contributed by atoms with Gasteiger partial charge in [0.05, 0.1) is 11.3 Å². The Morgan fingerprint density at radius 2 is 2.41 bits per heavy atom. The summed E-state index contributed by atoms with van der Waals surface area (Å²) in [6.07, 6.45) is 0. The molecule has 1 aromatic carbocycles. The van der Waals surface area contributed by atoms with Crippen molar-refractivity contribution in [1.82, 2.24) is 5.32 Å². The third-order valence-corrected chi connectivity index (χ3v) is 2.47. The van der Waals surface area contributed by atoms with Crippen molar-refractivity contribution >= 4 is 11.6 Å². The Labute approximate surface area is 101 Å². The molecule has 1 aromatic rings. The second kappa shape index (κ2) is 4.91. The molecule has 4 heteroatoms. The van der Waals surface area contributed by atoms with Crippen LogP contribution >= 0.6 is 0 Å². The number of para-hydroxylation sites is 1. The van der Waals surface area contributed by atoms with E-state index in [0.717, 1.165) is 17.8 Å². The lowest BCUT2D eigenvalue weighted by Crippen LogP contribution is -2.27. The Morgan fingerprint density at radius 3 is 3.18 bits per heavy atom. The zero-order valence-electron chi connectivity index (χ0n) is 9.88. The minimum absolute atomic E-state index is 0.131. The maximum absolute atomic E-state index is 12.0. The fourth-order valence-electron chi connectivity index (χ4n) is 1.68. The molecule has 0 saturated heterocycles. The van der Waals surface area contributed by atoms with E-state index in [1.807, 2.05) is 19.1 Å². The van der Waals surface area contributed by atoms with E-state index in [1.165, 1.54) is 0 Å². The smallest absolute Gasteiger partial charge is 0.255 e. The molecule has 1 amide bonds. The second-order valence-corrected chi connectivity index (χ2v) is 4.10. The van der Waals surface area contributed by atoms with E-state index < -0.39 is 0 Å². The SMILES string of the molecule is C=C(C)CNC(=O)c1cccc2c1OCCN2. The maximum Gasteiger partial charge on any atom is 0.255 e. The Morgan fingerprint density at radius 1 is 1.59 bits per heavy atom. The van der Waals surface area contributed by atoms with Gasteiger partial charge in [0.2, 0.25) is 0 Å². The average Bonchev–Trinajstić information content (AvgIpc) is 2.35. The topological polar surface area (TPSA) is 50.4 Å². The largest absolute Gasteiger partial charge is 0.489 e. The van der Waals surface area contributed by atoms with Crippen molar-refractivity contribution in [3.05, 3.63) is 35.9 Å². The Hall–Kier alpha value is -1.97. The normalized spacial score (nSPS) is 13.0. The van der Waals surface area contributed by atoms with Crippen LogP contribution in [0.15, 0.2) is 30.4 Å². The molecule has 0 aliphatic carbocycles. The first-order valence-corrected chi connectivity index (χ1v) is 5.61. The number of ether oxygens (including phenoxy) is 1. The van der Waals surface area contributed by atoms with E-state index >= 15 is 0 Å². The van der Waals surface area contributed by atoms with Crippen LogP contribution in [0, 0.1) is 0 Å². The van der Waals surface area contributed by atoms with Gasteiger partial charge >= 0.3 is 0 Å². The van der Waals surface area contributed by atoms with Crippen LogP contribution in [-0.2, 0) is 0 Å². The molecule has 0 bridgehead atoms. The monoisotopic (exact) mass is 232 g/mol. The van der Waals surface area contributed by atoms with E-state index in [9.17, 15) is 4.79 Å². The van der Waals surface area contributed by atoms with Gasteiger partial charge in [-0.2, -0.15) is 0 Å². The number of anilines is 1. The van der Waals surface area contributed by atoms with Crippen molar-refractivity contribution in [2.45, 2.75) is 6.92 Å². The van der Waals surface area contributed by atoms with Crippen LogP contribution in [0.5, 0.6) is 5.75 Å². The van der Waals surface area contributed by atoms with E-state index in [-0.39, 0.29) is 5.91 Å². The van der Waals surface area contributed by atoms with Crippen LogP contribution in [0.2, 0.25) is 0 Å². The average molecular weight is 232 g/mol. The third kappa shape index (κ3) is 2.58. The van der Waals surface area contributed by atoms with E-state index in [0.29, 0.717) is 24.5 Å². The van der Waals surface area contributed by atoms with Gasteiger partial charge < -0.3 is 15.4 Å². The molecule has 0 aromatic heterocycles. The van der Waals surface area contributed by atoms with Crippen molar-refractivity contribution < 1.29 is 9.53 Å². The number of carbonyl (C=O) groups excluding carboxylic acids is 1. The van der Waals surface area contributed by atoms with Gasteiger partial charge in [0.15, 0.2) is 5.75 Å². The van der Waals surface area contributed by atoms with Gasteiger partial charge in [0.25, 0.3) is 5.91 Å². The summed E-state index contributed by atoms with van der Waals surface area (Å²) >= 11 is 0. The molecule has 0 atom stereocenters. The predicted molar refractivity (Wildman–Crippen MR) is 67.6 cm³/mol. The molecule has 2 rings (SSSR count). The lowest BCUT2D eigenvalue weighted by Gasteiger charge is -2.21. The van der Waals surface area contributed by atoms with E-state index in [4.69, 9.17) is 4.74 Å². The summed E-state index contributed by atoms with van der Waals surface area (Å²) < 4.78 is 5.54. The van der Waals surface area contributed by atoms with Crippen molar-refractivity contribution in [2.75, 3.05) is 25.0 Å². The molecule has 1 aliphatic heterocycles. The minimum atomic E-state index is -0.131. The first-order valence-electron chi connectivity index (χ1n) is 5.61. The zero-order chi connectivity index (χ0) is 12.3. The van der Waals surface area contributed by atoms with Crippen LogP contribution in [0.4, 0.5) is 5.69 Å². The molecule has 1 heterocycles. The van der Waals surface area contributed by atoms with Gasteiger partial charge in [-0.3, -0.25) is 4.79 Å². The van der Waals surface area contributed by atoms with Gasteiger partial charge in [-0.15, -0.1) is 0 Å². The van der Waals surface area contributed by atoms with Crippen LogP contribution in [-0.4, -0.2) is 25.6 Å². The number of hydrogen-bond acceptors (Lipinski definition) is 3. The molecule has 17 heavy (non-hydrogen) atoms. The Kier molecular flexibility index (Phi) is 3.32. The quantitative estimate of drug-likeness (QED) is 0.781. The molecule has 4 nitrogen and oxygen atoms in total. The highest BCUT2D eigenvalue weighted by molar-refractivity contribution is 5.99. The van der Waals surface area contributed by atoms with Crippen molar-refractivity contribution in [3.63, 3.8) is 0 Å². The highest BCUT2D eigenvalue weighted by Crippen LogP contribution is 2.30. The highest BCUT2D eigenvalue weighted by Gasteiger charge is 2.18. The fourth-order valence-corrected chi connectivity index (χ4v) is 1.68. The summed E-state index contributed by atoms with van der Waals surface area (Å²) in [5.41, 5.74) is 2.36. The minimum Gasteiger partial charge on any atom is -0.489 e. The summed E-state index contributed by atoms with van der Waals surface area (Å²) in [6, 6.07) is 5.51. The summed E-state index contributed by atoms with van der Waals surface area (Å²) in [5, 5.41) is 6.00. The summed E-state index contributed by atoms with van der Waals surface area (Å²) in [5.74, 6) is 0.506. The first kappa shape index (κ1) is 11.5. The molecule has 1 aliphatic rings. The van der Waals surface area contributed by atoms with Crippen molar-refractivity contribution in [2.24, 2.45) is 0 Å². The number of benzene rings is 1. The molecule has 0 radical (unpaired) electrons. The number of amides is 1. The molecule has 0 spiro atoms. The lowest BCUT2D eigenvalue weighted by atomic mass is 10.1. The molecule has 0 fully saturated rings. The number of rotatable bonds is 3. The van der Waals surface area contributed by atoms with E-state index in [2.05, 4.69) is 17.2 Å². The van der Waals surface area contributed by atoms with E-state index in [1.54, 1.807) is 6.07 Å². The predicted octanol–water partition coefficient (Wildman–Crippen LogP) is 1.80. The van der Waals surface area contributed by atoms with Crippen LogP contribution in [0.1, 0.15) is 17.3 Å². The Bertz CT molecular complexity index is 455. The Balaban J connectivity index is 2.20. The van der Waals surface area contributed by atoms with Crippen LogP contribution in [0.3, 0.4) is 0 Å². The summed E-state index contributed by atoms with van der Waals surface area (Å²) in [7, 11) is 0. The van der Waals surface area contributed by atoms with Gasteiger partial charge in [0, 0.05) is 13.1 Å². The number of fused-ring (bicyclic) bond motifs is 1.